The molecule has 1 aliphatic heterocycles. The lowest BCUT2D eigenvalue weighted by molar-refractivity contribution is -0.155. The number of hydrogen-bond acceptors (Lipinski definition) is 4. The summed E-state index contributed by atoms with van der Waals surface area (Å²) in [5.74, 6) is -0.421. The molecule has 0 bridgehead atoms. The van der Waals surface area contributed by atoms with Crippen molar-refractivity contribution in [1.82, 2.24) is 0 Å². The second-order valence-electron chi connectivity index (χ2n) is 7.55. The molecule has 2 rings (SSSR count). The zero-order chi connectivity index (χ0) is 15.6. The quantitative estimate of drug-likeness (QED) is 0.726. The predicted octanol–water partition coefficient (Wildman–Crippen LogP) is 3.68. The van der Waals surface area contributed by atoms with E-state index in [1.165, 1.54) is 13.5 Å². The van der Waals surface area contributed by atoms with Crippen molar-refractivity contribution < 1.29 is 19.0 Å². The third-order valence-electron chi connectivity index (χ3n) is 5.55. The maximum atomic E-state index is 11.9. The van der Waals surface area contributed by atoms with Gasteiger partial charge in [0.05, 0.1) is 25.7 Å². The Morgan fingerprint density at radius 2 is 1.57 bits per heavy atom. The number of carbonyl (C=O) groups is 1. The van der Waals surface area contributed by atoms with Gasteiger partial charge in [0.2, 0.25) is 0 Å². The molecule has 122 valence electrons. The summed E-state index contributed by atoms with van der Waals surface area (Å²) in [5.41, 5.74) is 0.0560. The molecule has 0 radical (unpaired) electrons. The van der Waals surface area contributed by atoms with E-state index in [1.807, 2.05) is 13.8 Å². The molecule has 0 amide bonds. The van der Waals surface area contributed by atoms with Gasteiger partial charge in [-0.25, -0.2) is 0 Å². The number of carbonyl (C=O) groups excluding carboxylic acids is 1. The molecule has 0 aromatic rings. The molecule has 2 fully saturated rings. The Kier molecular flexibility index (Phi) is 4.99. The highest BCUT2D eigenvalue weighted by Gasteiger charge is 2.42. The fraction of sp³-hybridized carbons (Fsp3) is 0.941. The smallest absolute Gasteiger partial charge is 0.311 e. The van der Waals surface area contributed by atoms with Gasteiger partial charge in [-0.1, -0.05) is 6.92 Å². The first kappa shape index (κ1) is 16.8. The van der Waals surface area contributed by atoms with Crippen LogP contribution in [-0.4, -0.2) is 32.1 Å². The maximum absolute atomic E-state index is 11.9. The number of ether oxygens (including phenoxy) is 3. The van der Waals surface area contributed by atoms with Crippen molar-refractivity contribution in [1.29, 1.82) is 0 Å². The van der Waals surface area contributed by atoms with E-state index < -0.39 is 0 Å². The molecule has 0 atom stereocenters. The van der Waals surface area contributed by atoms with Gasteiger partial charge in [-0.15, -0.1) is 0 Å². The predicted molar refractivity (Wildman–Crippen MR) is 80.9 cm³/mol. The van der Waals surface area contributed by atoms with Crippen molar-refractivity contribution in [3.05, 3.63) is 0 Å². The maximum Gasteiger partial charge on any atom is 0.311 e. The van der Waals surface area contributed by atoms with Gasteiger partial charge in [0.15, 0.2) is 5.79 Å². The summed E-state index contributed by atoms with van der Waals surface area (Å²) in [5, 5.41) is 0. The molecule has 4 nitrogen and oxygen atoms in total. The molecule has 4 heteroatoms. The Morgan fingerprint density at radius 3 is 2.10 bits per heavy atom. The van der Waals surface area contributed by atoms with E-state index >= 15 is 0 Å². The van der Waals surface area contributed by atoms with Crippen LogP contribution in [0.3, 0.4) is 0 Å². The van der Waals surface area contributed by atoms with Gasteiger partial charge >= 0.3 is 5.97 Å². The van der Waals surface area contributed by atoms with E-state index in [2.05, 4.69) is 6.92 Å². The molecule has 2 aliphatic rings. The van der Waals surface area contributed by atoms with Crippen molar-refractivity contribution in [3.8, 4) is 0 Å². The van der Waals surface area contributed by atoms with Crippen molar-refractivity contribution in [2.24, 2.45) is 10.8 Å². The second-order valence-corrected chi connectivity index (χ2v) is 7.55. The lowest BCUT2D eigenvalue weighted by Gasteiger charge is -2.42. The van der Waals surface area contributed by atoms with E-state index in [0.717, 1.165) is 38.5 Å². The third-order valence-corrected chi connectivity index (χ3v) is 5.55. The molecule has 0 spiro atoms. The first-order valence-electron chi connectivity index (χ1n) is 8.17. The van der Waals surface area contributed by atoms with Gasteiger partial charge in [0.25, 0.3) is 0 Å². The molecular formula is C17H30O4. The van der Waals surface area contributed by atoms with E-state index in [4.69, 9.17) is 14.2 Å². The molecule has 0 aromatic carbocycles. The molecule has 1 aliphatic carbocycles. The van der Waals surface area contributed by atoms with Crippen LogP contribution in [0.2, 0.25) is 0 Å². The van der Waals surface area contributed by atoms with Crippen LogP contribution in [0.5, 0.6) is 0 Å². The summed E-state index contributed by atoms with van der Waals surface area (Å²) in [6, 6.07) is 0. The minimum absolute atomic E-state index is 0.0511. The first-order valence-corrected chi connectivity index (χ1v) is 8.17. The van der Waals surface area contributed by atoms with Crippen molar-refractivity contribution in [2.75, 3.05) is 20.3 Å². The Morgan fingerprint density at radius 1 is 1.00 bits per heavy atom. The molecule has 21 heavy (non-hydrogen) atoms. The fourth-order valence-corrected chi connectivity index (χ4v) is 3.64. The third kappa shape index (κ3) is 3.98. The summed E-state index contributed by atoms with van der Waals surface area (Å²) in [6.07, 6.45) is 7.29. The van der Waals surface area contributed by atoms with E-state index in [9.17, 15) is 4.79 Å². The van der Waals surface area contributed by atoms with Crippen LogP contribution in [0.4, 0.5) is 0 Å². The topological polar surface area (TPSA) is 44.8 Å². The van der Waals surface area contributed by atoms with Crippen LogP contribution >= 0.6 is 0 Å². The van der Waals surface area contributed by atoms with Gasteiger partial charge in [-0.05, 0) is 57.8 Å². The van der Waals surface area contributed by atoms with Crippen LogP contribution in [-0.2, 0) is 19.0 Å². The fourth-order valence-electron chi connectivity index (χ4n) is 3.64. The normalized spacial score (nSPS) is 35.6. The van der Waals surface area contributed by atoms with Crippen LogP contribution in [0.15, 0.2) is 0 Å². The van der Waals surface area contributed by atoms with E-state index in [0.29, 0.717) is 18.6 Å². The van der Waals surface area contributed by atoms with Crippen LogP contribution in [0.1, 0.15) is 65.7 Å². The molecule has 1 saturated carbocycles. The molecule has 0 N–H and O–H groups in total. The van der Waals surface area contributed by atoms with Gasteiger partial charge < -0.3 is 14.2 Å². The van der Waals surface area contributed by atoms with E-state index in [1.54, 1.807) is 0 Å². The van der Waals surface area contributed by atoms with E-state index in [-0.39, 0.29) is 17.2 Å². The molecular weight excluding hydrogens is 268 g/mol. The summed E-state index contributed by atoms with van der Waals surface area (Å²) in [7, 11) is 1.49. The highest BCUT2D eigenvalue weighted by molar-refractivity contribution is 5.76. The van der Waals surface area contributed by atoms with Crippen LogP contribution in [0, 0.1) is 10.8 Å². The van der Waals surface area contributed by atoms with Gasteiger partial charge in [0.1, 0.15) is 0 Å². The minimum Gasteiger partial charge on any atom is -0.469 e. The summed E-state index contributed by atoms with van der Waals surface area (Å²) < 4.78 is 16.3. The Labute approximate surface area is 128 Å². The van der Waals surface area contributed by atoms with Crippen molar-refractivity contribution in [2.45, 2.75) is 71.5 Å². The highest BCUT2D eigenvalue weighted by Crippen LogP contribution is 2.48. The largest absolute Gasteiger partial charge is 0.469 e. The molecule has 1 saturated heterocycles. The number of hydrogen-bond donors (Lipinski definition) is 0. The minimum atomic E-state index is -0.369. The Balaban J connectivity index is 1.78. The van der Waals surface area contributed by atoms with Crippen LogP contribution < -0.4 is 0 Å². The standard InChI is InChI=1S/C17H30O4/c1-15(6-5-7-17(3)20-12-13-21-17)8-10-16(2,11-9-15)14(18)19-4/h5-13H2,1-4H3. The average molecular weight is 298 g/mol. The lowest BCUT2D eigenvalue weighted by Crippen LogP contribution is -2.37. The number of methoxy groups -OCH3 is 1. The monoisotopic (exact) mass is 298 g/mol. The summed E-state index contributed by atoms with van der Waals surface area (Å²) in [4.78, 5) is 11.9. The SMILES string of the molecule is COC(=O)C1(C)CCC(C)(CCCC2(C)OCCO2)CC1. The van der Waals surface area contributed by atoms with Crippen LogP contribution in [0.25, 0.3) is 0 Å². The van der Waals surface area contributed by atoms with Gasteiger partial charge in [0, 0.05) is 6.42 Å². The highest BCUT2D eigenvalue weighted by atomic mass is 16.7. The van der Waals surface area contributed by atoms with Gasteiger partial charge in [-0.2, -0.15) is 0 Å². The number of rotatable bonds is 5. The zero-order valence-corrected chi connectivity index (χ0v) is 14.0. The number of esters is 1. The van der Waals surface area contributed by atoms with Gasteiger partial charge in [-0.3, -0.25) is 4.79 Å². The molecule has 0 aromatic heterocycles. The second kappa shape index (κ2) is 6.25. The Hall–Kier alpha value is -0.610. The average Bonchev–Trinajstić information content (AvgIpc) is 2.88. The molecule has 1 heterocycles. The zero-order valence-electron chi connectivity index (χ0n) is 14.0. The molecule has 0 unspecified atom stereocenters. The summed E-state index contributed by atoms with van der Waals surface area (Å²) >= 11 is 0. The van der Waals surface area contributed by atoms with Crippen molar-refractivity contribution in [3.63, 3.8) is 0 Å². The lowest BCUT2D eigenvalue weighted by atomic mass is 9.63. The Bertz CT molecular complexity index is 363. The first-order chi connectivity index (χ1) is 9.81. The van der Waals surface area contributed by atoms with Crippen molar-refractivity contribution >= 4 is 5.97 Å². The summed E-state index contributed by atoms with van der Waals surface area (Å²) in [6.45, 7) is 7.86.